The van der Waals surface area contributed by atoms with Crippen LogP contribution in [0.1, 0.15) is 31.4 Å². The molecule has 2 aromatic rings. The van der Waals surface area contributed by atoms with Crippen molar-refractivity contribution in [2.45, 2.75) is 38.6 Å². The molecule has 1 aliphatic carbocycles. The lowest BCUT2D eigenvalue weighted by Gasteiger charge is -2.24. The standard InChI is InChI=1S/C17H21N3O2S/c1-11-15(18-17(22)20(2)13-5-3-4-6-13)16(23-19-11)12-7-9-14(21)10-8-12/h7-10,13,21H,3-6H2,1-2H3,(H,18,22). The Morgan fingerprint density at radius 3 is 2.61 bits per heavy atom. The van der Waals surface area contributed by atoms with E-state index in [4.69, 9.17) is 0 Å². The van der Waals surface area contributed by atoms with Gasteiger partial charge in [-0.1, -0.05) is 12.8 Å². The fraction of sp³-hybridized carbons (Fsp3) is 0.412. The first kappa shape index (κ1) is 15.8. The van der Waals surface area contributed by atoms with Gasteiger partial charge in [-0.05, 0) is 61.1 Å². The molecule has 1 saturated carbocycles. The van der Waals surface area contributed by atoms with Crippen molar-refractivity contribution in [3.8, 4) is 16.2 Å². The van der Waals surface area contributed by atoms with Gasteiger partial charge in [0.25, 0.3) is 0 Å². The number of rotatable bonds is 3. The van der Waals surface area contributed by atoms with Crippen LogP contribution in [-0.2, 0) is 0 Å². The first-order valence-corrected chi connectivity index (χ1v) is 8.63. The zero-order valence-corrected chi connectivity index (χ0v) is 14.2. The zero-order valence-electron chi connectivity index (χ0n) is 13.4. The Bertz CT molecular complexity index is 690. The van der Waals surface area contributed by atoms with Crippen LogP contribution in [0, 0.1) is 6.92 Å². The maximum Gasteiger partial charge on any atom is 0.321 e. The summed E-state index contributed by atoms with van der Waals surface area (Å²) in [6, 6.07) is 7.19. The van der Waals surface area contributed by atoms with E-state index < -0.39 is 0 Å². The monoisotopic (exact) mass is 331 g/mol. The van der Waals surface area contributed by atoms with E-state index >= 15 is 0 Å². The smallest absolute Gasteiger partial charge is 0.321 e. The Kier molecular flexibility index (Phi) is 4.52. The number of phenolic OH excluding ortho intramolecular Hbond substituents is 1. The van der Waals surface area contributed by atoms with Crippen LogP contribution in [0.2, 0.25) is 0 Å². The quantitative estimate of drug-likeness (QED) is 0.884. The number of phenols is 1. The second-order valence-corrected chi connectivity index (χ2v) is 6.77. The predicted octanol–water partition coefficient (Wildman–Crippen LogP) is 4.23. The van der Waals surface area contributed by atoms with E-state index in [0.29, 0.717) is 6.04 Å². The first-order valence-electron chi connectivity index (χ1n) is 7.85. The number of carbonyl (C=O) groups excluding carboxylic acids is 1. The van der Waals surface area contributed by atoms with E-state index in [1.807, 2.05) is 31.0 Å². The zero-order chi connectivity index (χ0) is 16.4. The summed E-state index contributed by atoms with van der Waals surface area (Å²) in [4.78, 5) is 15.3. The highest BCUT2D eigenvalue weighted by Crippen LogP contribution is 2.35. The molecule has 1 aromatic heterocycles. The predicted molar refractivity (Wildman–Crippen MR) is 93.0 cm³/mol. The summed E-state index contributed by atoms with van der Waals surface area (Å²) in [7, 11) is 1.86. The molecule has 0 atom stereocenters. The lowest BCUT2D eigenvalue weighted by molar-refractivity contribution is 0.205. The summed E-state index contributed by atoms with van der Waals surface area (Å²) in [6.45, 7) is 1.89. The summed E-state index contributed by atoms with van der Waals surface area (Å²) in [6.07, 6.45) is 4.55. The van der Waals surface area contributed by atoms with Crippen molar-refractivity contribution in [1.29, 1.82) is 0 Å². The van der Waals surface area contributed by atoms with Gasteiger partial charge in [0, 0.05) is 13.1 Å². The van der Waals surface area contributed by atoms with Gasteiger partial charge in [0.05, 0.1) is 16.3 Å². The highest BCUT2D eigenvalue weighted by molar-refractivity contribution is 7.10. The molecule has 5 nitrogen and oxygen atoms in total. The third-order valence-electron chi connectivity index (χ3n) is 4.42. The topological polar surface area (TPSA) is 65.5 Å². The van der Waals surface area contributed by atoms with Crippen LogP contribution in [0.15, 0.2) is 24.3 Å². The number of hydrogen-bond acceptors (Lipinski definition) is 4. The van der Waals surface area contributed by atoms with Gasteiger partial charge < -0.3 is 15.3 Å². The molecule has 1 fully saturated rings. The fourth-order valence-corrected chi connectivity index (χ4v) is 3.83. The van der Waals surface area contributed by atoms with Crippen LogP contribution in [0.25, 0.3) is 10.4 Å². The minimum absolute atomic E-state index is 0.0831. The van der Waals surface area contributed by atoms with Gasteiger partial charge in [-0.15, -0.1) is 0 Å². The van der Waals surface area contributed by atoms with Crippen LogP contribution < -0.4 is 5.32 Å². The van der Waals surface area contributed by atoms with Crippen LogP contribution in [-0.4, -0.2) is 33.5 Å². The van der Waals surface area contributed by atoms with E-state index in [9.17, 15) is 9.90 Å². The van der Waals surface area contributed by atoms with Gasteiger partial charge in [-0.3, -0.25) is 0 Å². The van der Waals surface area contributed by atoms with Gasteiger partial charge in [0.1, 0.15) is 5.75 Å². The average Bonchev–Trinajstić information content (AvgIpc) is 3.19. The molecule has 2 amide bonds. The number of aryl methyl sites for hydroxylation is 1. The Morgan fingerprint density at radius 2 is 1.96 bits per heavy atom. The third kappa shape index (κ3) is 3.32. The number of nitrogens with one attached hydrogen (secondary N) is 1. The lowest BCUT2D eigenvalue weighted by Crippen LogP contribution is -2.38. The number of benzene rings is 1. The van der Waals surface area contributed by atoms with Crippen LogP contribution >= 0.6 is 11.5 Å². The summed E-state index contributed by atoms with van der Waals surface area (Å²) in [5.74, 6) is 0.224. The molecule has 2 N–H and O–H groups in total. The maximum absolute atomic E-state index is 12.5. The maximum atomic E-state index is 12.5. The molecule has 0 radical (unpaired) electrons. The van der Waals surface area contributed by atoms with Crippen molar-refractivity contribution in [3.05, 3.63) is 30.0 Å². The van der Waals surface area contributed by atoms with Gasteiger partial charge >= 0.3 is 6.03 Å². The normalized spacial score (nSPS) is 14.9. The molecular weight excluding hydrogens is 310 g/mol. The number of anilines is 1. The Labute approximate surface area is 140 Å². The first-order chi connectivity index (χ1) is 11.1. The van der Waals surface area contributed by atoms with Gasteiger partial charge in [-0.2, -0.15) is 4.37 Å². The number of urea groups is 1. The number of aromatic nitrogens is 1. The summed E-state index contributed by atoms with van der Waals surface area (Å²) in [5.41, 5.74) is 2.51. The molecule has 1 aromatic carbocycles. The van der Waals surface area contributed by atoms with Crippen molar-refractivity contribution in [2.75, 3.05) is 12.4 Å². The molecule has 6 heteroatoms. The number of carbonyl (C=O) groups is 1. The van der Waals surface area contributed by atoms with E-state index in [-0.39, 0.29) is 11.8 Å². The van der Waals surface area contributed by atoms with Crippen LogP contribution in [0.5, 0.6) is 5.75 Å². The summed E-state index contributed by atoms with van der Waals surface area (Å²) >= 11 is 1.36. The number of nitrogens with zero attached hydrogens (tertiary/aromatic N) is 2. The van der Waals surface area contributed by atoms with E-state index in [1.54, 1.807) is 12.1 Å². The van der Waals surface area contributed by atoms with Crippen LogP contribution in [0.4, 0.5) is 10.5 Å². The molecule has 1 heterocycles. The summed E-state index contributed by atoms with van der Waals surface area (Å²) in [5, 5.41) is 12.4. The van der Waals surface area contributed by atoms with Gasteiger partial charge in [-0.25, -0.2) is 4.79 Å². The number of amides is 2. The number of aromatic hydroxyl groups is 1. The fourth-order valence-electron chi connectivity index (χ4n) is 2.98. The highest BCUT2D eigenvalue weighted by atomic mass is 32.1. The minimum atomic E-state index is -0.0831. The second kappa shape index (κ2) is 6.58. The second-order valence-electron chi connectivity index (χ2n) is 6.00. The van der Waals surface area contributed by atoms with E-state index in [1.165, 1.54) is 24.4 Å². The average molecular weight is 331 g/mol. The van der Waals surface area contributed by atoms with Crippen LogP contribution in [0.3, 0.4) is 0 Å². The lowest BCUT2D eigenvalue weighted by atomic mass is 10.1. The molecular formula is C17H21N3O2S. The molecule has 0 spiro atoms. The Hall–Kier alpha value is -2.08. The van der Waals surface area contributed by atoms with Gasteiger partial charge in [0.2, 0.25) is 0 Å². The molecule has 0 aliphatic heterocycles. The highest BCUT2D eigenvalue weighted by Gasteiger charge is 2.25. The van der Waals surface area contributed by atoms with Crippen molar-refractivity contribution in [2.24, 2.45) is 0 Å². The van der Waals surface area contributed by atoms with E-state index in [2.05, 4.69) is 9.69 Å². The summed E-state index contributed by atoms with van der Waals surface area (Å²) < 4.78 is 4.37. The van der Waals surface area contributed by atoms with Gasteiger partial charge in [0.15, 0.2) is 0 Å². The molecule has 122 valence electrons. The Morgan fingerprint density at radius 1 is 1.30 bits per heavy atom. The largest absolute Gasteiger partial charge is 0.508 e. The van der Waals surface area contributed by atoms with Crippen molar-refractivity contribution in [3.63, 3.8) is 0 Å². The molecule has 23 heavy (non-hydrogen) atoms. The molecule has 0 unspecified atom stereocenters. The number of hydrogen-bond donors (Lipinski definition) is 2. The molecule has 0 saturated heterocycles. The molecule has 3 rings (SSSR count). The minimum Gasteiger partial charge on any atom is -0.508 e. The van der Waals surface area contributed by atoms with Crippen molar-refractivity contribution in [1.82, 2.24) is 9.27 Å². The molecule has 0 bridgehead atoms. The molecule has 1 aliphatic rings. The SMILES string of the molecule is Cc1nsc(-c2ccc(O)cc2)c1NC(=O)N(C)C1CCCC1. The van der Waals surface area contributed by atoms with Crippen molar-refractivity contribution >= 4 is 23.3 Å². The Balaban J connectivity index is 1.81. The van der Waals surface area contributed by atoms with Crippen molar-refractivity contribution < 1.29 is 9.90 Å². The van der Waals surface area contributed by atoms with E-state index in [0.717, 1.165) is 34.7 Å². The third-order valence-corrected chi connectivity index (χ3v) is 5.40.